The summed E-state index contributed by atoms with van der Waals surface area (Å²) in [7, 11) is 0.488. The molecular weight excluding hydrogens is 335 g/mol. The minimum absolute atomic E-state index is 0.216. The summed E-state index contributed by atoms with van der Waals surface area (Å²) in [6.07, 6.45) is 7.14. The first-order valence-electron chi connectivity index (χ1n) is 9.22. The van der Waals surface area contributed by atoms with Gasteiger partial charge in [0.05, 0.1) is 25.1 Å². The van der Waals surface area contributed by atoms with Crippen LogP contribution < -0.4 is 14.8 Å². The van der Waals surface area contributed by atoms with Crippen molar-refractivity contribution in [2.45, 2.75) is 32.1 Å². The van der Waals surface area contributed by atoms with Crippen LogP contribution in [0.2, 0.25) is 0 Å². The lowest BCUT2D eigenvalue weighted by Gasteiger charge is -2.23. The molecule has 3 aliphatic heterocycles. The Labute approximate surface area is 149 Å². The van der Waals surface area contributed by atoms with Crippen molar-refractivity contribution in [1.82, 2.24) is 0 Å². The fourth-order valence-corrected chi connectivity index (χ4v) is 6.00. The molecule has 4 nitrogen and oxygen atoms in total. The Morgan fingerprint density at radius 3 is 2.52 bits per heavy atom. The first kappa shape index (κ1) is 15.7. The monoisotopic (exact) mass is 358 g/mol. The minimum Gasteiger partial charge on any atom is -0.497 e. The van der Waals surface area contributed by atoms with E-state index in [1.807, 2.05) is 0 Å². The molecule has 2 unspecified atom stereocenters. The largest absolute Gasteiger partial charge is 0.497 e. The van der Waals surface area contributed by atoms with Gasteiger partial charge in [0.15, 0.2) is 0 Å². The molecule has 5 heteroatoms. The number of benzene rings is 1. The van der Waals surface area contributed by atoms with Crippen LogP contribution >= 0.6 is 8.58 Å². The standard InChI is InChI=1S/C20H23O4P/c21-5-1-12-9-13-2-6-22-17(13)16(10-12)25-20-18-14(3-7-23-18)11-15-4-8-24-19(15)20/h10-11,13,21,25H,1-9H2. The van der Waals surface area contributed by atoms with Gasteiger partial charge in [-0.2, -0.15) is 0 Å². The molecule has 3 heterocycles. The van der Waals surface area contributed by atoms with Gasteiger partial charge in [0.2, 0.25) is 0 Å². The van der Waals surface area contributed by atoms with E-state index in [4.69, 9.17) is 14.2 Å². The van der Waals surface area contributed by atoms with Crippen molar-refractivity contribution in [3.8, 4) is 11.5 Å². The molecule has 0 aromatic heterocycles. The highest BCUT2D eigenvalue weighted by Crippen LogP contribution is 2.48. The molecule has 0 saturated carbocycles. The lowest BCUT2D eigenvalue weighted by atomic mass is 9.90. The molecule has 0 amide bonds. The third-order valence-electron chi connectivity index (χ3n) is 5.53. The molecule has 0 radical (unpaired) electrons. The number of aliphatic hydroxyl groups excluding tert-OH is 1. The van der Waals surface area contributed by atoms with E-state index in [2.05, 4.69) is 12.1 Å². The Kier molecular flexibility index (Phi) is 3.98. The predicted molar refractivity (Wildman–Crippen MR) is 98.3 cm³/mol. The topological polar surface area (TPSA) is 47.9 Å². The Balaban J connectivity index is 1.57. The lowest BCUT2D eigenvalue weighted by molar-refractivity contribution is 0.256. The van der Waals surface area contributed by atoms with Gasteiger partial charge >= 0.3 is 0 Å². The molecule has 0 spiro atoms. The quantitative estimate of drug-likeness (QED) is 0.841. The van der Waals surface area contributed by atoms with Gasteiger partial charge in [0.25, 0.3) is 0 Å². The maximum atomic E-state index is 9.36. The van der Waals surface area contributed by atoms with Crippen molar-refractivity contribution >= 4 is 13.9 Å². The van der Waals surface area contributed by atoms with E-state index in [1.165, 1.54) is 33.1 Å². The number of ether oxygens (including phenoxy) is 3. The van der Waals surface area contributed by atoms with Crippen LogP contribution in [0, 0.1) is 5.92 Å². The molecule has 132 valence electrons. The molecule has 5 rings (SSSR count). The molecule has 1 aromatic carbocycles. The first-order chi connectivity index (χ1) is 12.3. The molecule has 1 N–H and O–H groups in total. The highest BCUT2D eigenvalue weighted by Gasteiger charge is 2.32. The van der Waals surface area contributed by atoms with E-state index in [9.17, 15) is 5.11 Å². The molecule has 1 saturated heterocycles. The van der Waals surface area contributed by atoms with Crippen molar-refractivity contribution < 1.29 is 19.3 Å². The lowest BCUT2D eigenvalue weighted by Crippen LogP contribution is -2.11. The second-order valence-electron chi connectivity index (χ2n) is 7.14. The van der Waals surface area contributed by atoms with E-state index >= 15 is 0 Å². The highest BCUT2D eigenvalue weighted by atomic mass is 31.1. The number of allylic oxidation sites excluding steroid dienone is 3. The number of hydrogen-bond donors (Lipinski definition) is 1. The van der Waals surface area contributed by atoms with E-state index in [0.717, 1.165) is 63.4 Å². The third kappa shape index (κ3) is 2.67. The third-order valence-corrected chi connectivity index (χ3v) is 6.90. The second-order valence-corrected chi connectivity index (χ2v) is 8.43. The SMILES string of the molecule is OCCC1=CC(Pc2c3c(cc4c2OCC4)CCO3)=C2OCCC2C1. The van der Waals surface area contributed by atoms with Crippen LogP contribution in [0.1, 0.15) is 30.4 Å². The zero-order valence-electron chi connectivity index (χ0n) is 14.3. The first-order valence-corrected chi connectivity index (χ1v) is 10.2. The van der Waals surface area contributed by atoms with Crippen molar-refractivity contribution in [2.75, 3.05) is 26.4 Å². The van der Waals surface area contributed by atoms with Crippen molar-refractivity contribution in [3.63, 3.8) is 0 Å². The van der Waals surface area contributed by atoms with Gasteiger partial charge in [0.1, 0.15) is 17.3 Å². The number of hydrogen-bond acceptors (Lipinski definition) is 4. The average Bonchev–Trinajstić information content (AvgIpc) is 3.34. The van der Waals surface area contributed by atoms with Gasteiger partial charge in [-0.15, -0.1) is 0 Å². The van der Waals surface area contributed by atoms with Gasteiger partial charge in [-0.25, -0.2) is 0 Å². The zero-order valence-corrected chi connectivity index (χ0v) is 15.3. The van der Waals surface area contributed by atoms with E-state index in [0.29, 0.717) is 14.5 Å². The Morgan fingerprint density at radius 2 is 1.80 bits per heavy atom. The fourth-order valence-electron chi connectivity index (χ4n) is 4.36. The maximum absolute atomic E-state index is 9.36. The summed E-state index contributed by atoms with van der Waals surface area (Å²) in [6.45, 7) is 2.57. The summed E-state index contributed by atoms with van der Waals surface area (Å²) in [5.74, 6) is 3.75. The van der Waals surface area contributed by atoms with Crippen LogP contribution in [0.3, 0.4) is 0 Å². The second kappa shape index (κ2) is 6.34. The highest BCUT2D eigenvalue weighted by molar-refractivity contribution is 7.52. The van der Waals surface area contributed by atoms with Crippen LogP contribution in [-0.4, -0.2) is 31.5 Å². The van der Waals surface area contributed by atoms with Crippen LogP contribution in [0.5, 0.6) is 11.5 Å². The number of fused-ring (bicyclic) bond motifs is 3. The minimum atomic E-state index is 0.216. The molecule has 25 heavy (non-hydrogen) atoms. The van der Waals surface area contributed by atoms with Crippen molar-refractivity contribution in [3.05, 3.63) is 39.9 Å². The van der Waals surface area contributed by atoms with E-state index in [-0.39, 0.29) is 6.61 Å². The zero-order chi connectivity index (χ0) is 16.8. The number of rotatable bonds is 4. The van der Waals surface area contributed by atoms with Gasteiger partial charge in [-0.1, -0.05) is 11.6 Å². The summed E-state index contributed by atoms with van der Waals surface area (Å²) in [6, 6.07) is 2.28. The summed E-state index contributed by atoms with van der Waals surface area (Å²) < 4.78 is 18.0. The van der Waals surface area contributed by atoms with Gasteiger partial charge in [0, 0.05) is 30.7 Å². The van der Waals surface area contributed by atoms with Gasteiger partial charge < -0.3 is 19.3 Å². The van der Waals surface area contributed by atoms with E-state index < -0.39 is 0 Å². The Hall–Kier alpha value is -1.51. The smallest absolute Gasteiger partial charge is 0.134 e. The Bertz CT molecular complexity index is 748. The molecular formula is C20H23O4P. The van der Waals surface area contributed by atoms with Gasteiger partial charge in [-0.05, 0) is 45.0 Å². The molecule has 1 aromatic rings. The molecule has 4 aliphatic rings. The van der Waals surface area contributed by atoms with Crippen LogP contribution in [-0.2, 0) is 17.6 Å². The number of aliphatic hydroxyl groups is 1. The van der Waals surface area contributed by atoms with Crippen LogP contribution in [0.15, 0.2) is 28.8 Å². The average molecular weight is 358 g/mol. The van der Waals surface area contributed by atoms with Crippen molar-refractivity contribution in [2.24, 2.45) is 5.92 Å². The molecule has 1 fully saturated rings. The summed E-state index contributed by atoms with van der Waals surface area (Å²) in [4.78, 5) is 0. The van der Waals surface area contributed by atoms with Crippen molar-refractivity contribution in [1.29, 1.82) is 0 Å². The summed E-state index contributed by atoms with van der Waals surface area (Å²) in [5, 5.41) is 11.9. The Morgan fingerprint density at radius 1 is 1.04 bits per heavy atom. The molecule has 0 bridgehead atoms. The fraction of sp³-hybridized carbons (Fsp3) is 0.500. The summed E-state index contributed by atoms with van der Waals surface area (Å²) in [5.41, 5.74) is 4.00. The van der Waals surface area contributed by atoms with E-state index in [1.54, 1.807) is 0 Å². The molecule has 2 atom stereocenters. The van der Waals surface area contributed by atoms with Gasteiger partial charge in [-0.3, -0.25) is 0 Å². The van der Waals surface area contributed by atoms with Crippen LogP contribution in [0.25, 0.3) is 0 Å². The predicted octanol–water partition coefficient (Wildman–Crippen LogP) is 2.82. The summed E-state index contributed by atoms with van der Waals surface area (Å²) >= 11 is 0. The normalized spacial score (nSPS) is 23.9. The molecule has 1 aliphatic carbocycles. The van der Waals surface area contributed by atoms with Crippen LogP contribution in [0.4, 0.5) is 0 Å². The maximum Gasteiger partial charge on any atom is 0.134 e.